The topological polar surface area (TPSA) is 78.5 Å². The largest absolute Gasteiger partial charge is 0.377 e. The van der Waals surface area contributed by atoms with E-state index >= 15 is 0 Å². The Labute approximate surface area is 129 Å². The number of aromatic amines is 1. The SMILES string of the molecule is CN(C)C(=O)[C@@H]1CO[C@@H]2CCN(C(=O)c3ccn[nH]3)C[C@@H]2C1. The summed E-state index contributed by atoms with van der Waals surface area (Å²) in [6, 6.07) is 1.68. The number of piperidine rings is 1. The Hall–Kier alpha value is -1.89. The van der Waals surface area contributed by atoms with Gasteiger partial charge in [0, 0.05) is 39.3 Å². The van der Waals surface area contributed by atoms with Crippen LogP contribution in [0.5, 0.6) is 0 Å². The Morgan fingerprint density at radius 2 is 2.27 bits per heavy atom. The van der Waals surface area contributed by atoms with Gasteiger partial charge in [0.2, 0.25) is 5.91 Å². The summed E-state index contributed by atoms with van der Waals surface area (Å²) in [6.07, 6.45) is 3.36. The van der Waals surface area contributed by atoms with Gasteiger partial charge in [0.05, 0.1) is 18.6 Å². The molecule has 2 aliphatic rings. The van der Waals surface area contributed by atoms with Crippen LogP contribution in [0.1, 0.15) is 23.3 Å². The quantitative estimate of drug-likeness (QED) is 0.856. The molecule has 3 atom stereocenters. The van der Waals surface area contributed by atoms with Crippen molar-refractivity contribution in [3.8, 4) is 0 Å². The lowest BCUT2D eigenvalue weighted by Gasteiger charge is -2.43. The minimum Gasteiger partial charge on any atom is -0.377 e. The summed E-state index contributed by atoms with van der Waals surface area (Å²) < 4.78 is 5.88. The van der Waals surface area contributed by atoms with Crippen molar-refractivity contribution in [2.75, 3.05) is 33.8 Å². The van der Waals surface area contributed by atoms with Gasteiger partial charge in [0.25, 0.3) is 5.91 Å². The molecule has 2 aliphatic heterocycles. The Morgan fingerprint density at radius 3 is 2.95 bits per heavy atom. The van der Waals surface area contributed by atoms with E-state index in [1.165, 1.54) is 0 Å². The highest BCUT2D eigenvalue weighted by molar-refractivity contribution is 5.92. The number of likely N-dealkylation sites (tertiary alicyclic amines) is 1. The van der Waals surface area contributed by atoms with Crippen molar-refractivity contribution in [3.05, 3.63) is 18.0 Å². The van der Waals surface area contributed by atoms with E-state index in [-0.39, 0.29) is 29.8 Å². The second kappa shape index (κ2) is 6.08. The van der Waals surface area contributed by atoms with Crippen LogP contribution in [0.3, 0.4) is 0 Å². The minimum atomic E-state index is -0.0987. The van der Waals surface area contributed by atoms with Gasteiger partial charge in [-0.3, -0.25) is 14.7 Å². The van der Waals surface area contributed by atoms with E-state index in [2.05, 4.69) is 10.2 Å². The predicted molar refractivity (Wildman–Crippen MR) is 79.1 cm³/mol. The normalized spacial score (nSPS) is 28.1. The third-order valence-corrected chi connectivity index (χ3v) is 4.57. The number of carbonyl (C=O) groups excluding carboxylic acids is 2. The highest BCUT2D eigenvalue weighted by Crippen LogP contribution is 2.32. The molecule has 7 nitrogen and oxygen atoms in total. The van der Waals surface area contributed by atoms with Crippen LogP contribution in [0.25, 0.3) is 0 Å². The molecule has 0 bridgehead atoms. The highest BCUT2D eigenvalue weighted by Gasteiger charge is 2.39. The first-order chi connectivity index (χ1) is 10.6. The highest BCUT2D eigenvalue weighted by atomic mass is 16.5. The molecule has 1 aromatic rings. The zero-order chi connectivity index (χ0) is 15.7. The summed E-state index contributed by atoms with van der Waals surface area (Å²) in [4.78, 5) is 28.0. The number of rotatable bonds is 2. The van der Waals surface area contributed by atoms with E-state index in [0.717, 1.165) is 12.8 Å². The number of aromatic nitrogens is 2. The molecule has 0 aliphatic carbocycles. The third kappa shape index (κ3) is 2.85. The predicted octanol–water partition coefficient (Wildman–Crippen LogP) is 0.365. The number of hydrogen-bond acceptors (Lipinski definition) is 4. The van der Waals surface area contributed by atoms with Gasteiger partial charge in [-0.2, -0.15) is 5.10 Å². The van der Waals surface area contributed by atoms with E-state index in [9.17, 15) is 9.59 Å². The molecule has 120 valence electrons. The molecule has 2 fully saturated rings. The molecule has 3 rings (SSSR count). The number of hydrogen-bond donors (Lipinski definition) is 1. The third-order valence-electron chi connectivity index (χ3n) is 4.57. The average Bonchev–Trinajstić information content (AvgIpc) is 3.06. The molecule has 0 aromatic carbocycles. The first-order valence-corrected chi connectivity index (χ1v) is 7.67. The molecule has 0 radical (unpaired) electrons. The van der Waals surface area contributed by atoms with Gasteiger partial charge in [0.1, 0.15) is 5.69 Å². The van der Waals surface area contributed by atoms with Crippen molar-refractivity contribution < 1.29 is 14.3 Å². The van der Waals surface area contributed by atoms with E-state index in [1.807, 2.05) is 4.90 Å². The number of carbonyl (C=O) groups is 2. The summed E-state index contributed by atoms with van der Waals surface area (Å²) in [5, 5.41) is 6.54. The molecule has 1 N–H and O–H groups in total. The van der Waals surface area contributed by atoms with Crippen molar-refractivity contribution in [1.82, 2.24) is 20.0 Å². The van der Waals surface area contributed by atoms with Crippen molar-refractivity contribution in [1.29, 1.82) is 0 Å². The Morgan fingerprint density at radius 1 is 1.45 bits per heavy atom. The van der Waals surface area contributed by atoms with Crippen molar-refractivity contribution >= 4 is 11.8 Å². The van der Waals surface area contributed by atoms with Crippen LogP contribution < -0.4 is 0 Å². The fraction of sp³-hybridized carbons (Fsp3) is 0.667. The van der Waals surface area contributed by atoms with Gasteiger partial charge >= 0.3 is 0 Å². The van der Waals surface area contributed by atoms with Crippen LogP contribution in [0.2, 0.25) is 0 Å². The van der Waals surface area contributed by atoms with Crippen molar-refractivity contribution in [2.45, 2.75) is 18.9 Å². The summed E-state index contributed by atoms with van der Waals surface area (Å²) in [7, 11) is 3.53. The molecule has 2 saturated heterocycles. The van der Waals surface area contributed by atoms with Crippen LogP contribution in [0.4, 0.5) is 0 Å². The van der Waals surface area contributed by atoms with Gasteiger partial charge in [-0.1, -0.05) is 0 Å². The van der Waals surface area contributed by atoms with Crippen LogP contribution in [0, 0.1) is 11.8 Å². The smallest absolute Gasteiger partial charge is 0.271 e. The summed E-state index contributed by atoms with van der Waals surface area (Å²) in [5.41, 5.74) is 0.510. The zero-order valence-corrected chi connectivity index (χ0v) is 13.0. The summed E-state index contributed by atoms with van der Waals surface area (Å²) in [6.45, 7) is 1.82. The first kappa shape index (κ1) is 15.0. The molecule has 0 spiro atoms. The van der Waals surface area contributed by atoms with Crippen LogP contribution in [-0.2, 0) is 9.53 Å². The maximum Gasteiger partial charge on any atom is 0.271 e. The maximum absolute atomic E-state index is 12.4. The molecule has 0 unspecified atom stereocenters. The van der Waals surface area contributed by atoms with Gasteiger partial charge in [-0.15, -0.1) is 0 Å². The van der Waals surface area contributed by atoms with E-state index in [1.54, 1.807) is 31.3 Å². The summed E-state index contributed by atoms with van der Waals surface area (Å²) in [5.74, 6) is 0.203. The average molecular weight is 306 g/mol. The molecular formula is C15H22N4O3. The van der Waals surface area contributed by atoms with Gasteiger partial charge in [-0.25, -0.2) is 0 Å². The van der Waals surface area contributed by atoms with Crippen molar-refractivity contribution in [3.63, 3.8) is 0 Å². The maximum atomic E-state index is 12.4. The number of amides is 2. The molecule has 22 heavy (non-hydrogen) atoms. The monoisotopic (exact) mass is 306 g/mol. The number of fused-ring (bicyclic) bond motifs is 1. The molecule has 1 aromatic heterocycles. The molecule has 0 saturated carbocycles. The van der Waals surface area contributed by atoms with E-state index in [4.69, 9.17) is 4.74 Å². The number of ether oxygens (including phenoxy) is 1. The van der Waals surface area contributed by atoms with Gasteiger partial charge in [0.15, 0.2) is 0 Å². The van der Waals surface area contributed by atoms with Crippen LogP contribution in [-0.4, -0.2) is 71.7 Å². The summed E-state index contributed by atoms with van der Waals surface area (Å²) >= 11 is 0. The number of nitrogens with one attached hydrogen (secondary N) is 1. The molecule has 7 heteroatoms. The lowest BCUT2D eigenvalue weighted by atomic mass is 9.83. The van der Waals surface area contributed by atoms with Crippen molar-refractivity contribution in [2.24, 2.45) is 11.8 Å². The minimum absolute atomic E-state index is 0.0305. The zero-order valence-electron chi connectivity index (χ0n) is 13.0. The Balaban J connectivity index is 1.65. The first-order valence-electron chi connectivity index (χ1n) is 7.67. The molecular weight excluding hydrogens is 284 g/mol. The van der Waals surface area contributed by atoms with Gasteiger partial charge in [-0.05, 0) is 18.9 Å². The van der Waals surface area contributed by atoms with E-state index in [0.29, 0.717) is 25.4 Å². The second-order valence-electron chi connectivity index (χ2n) is 6.31. The van der Waals surface area contributed by atoms with Gasteiger partial charge < -0.3 is 14.5 Å². The lowest BCUT2D eigenvalue weighted by Crippen LogP contribution is -2.51. The van der Waals surface area contributed by atoms with E-state index < -0.39 is 0 Å². The molecule has 2 amide bonds. The fourth-order valence-corrected chi connectivity index (χ4v) is 3.40. The second-order valence-corrected chi connectivity index (χ2v) is 6.31. The van der Waals surface area contributed by atoms with Crippen LogP contribution in [0.15, 0.2) is 12.3 Å². The molecule has 3 heterocycles. The Bertz CT molecular complexity index is 543. The van der Waals surface area contributed by atoms with Crippen LogP contribution >= 0.6 is 0 Å². The number of nitrogens with zero attached hydrogens (tertiary/aromatic N) is 3. The standard InChI is InChI=1S/C15H22N4O3/c1-18(2)14(20)11-7-10-8-19(6-4-13(10)22-9-11)15(21)12-3-5-16-17-12/h3,5,10-11,13H,4,6-9H2,1-2H3,(H,16,17)/t10-,11-,13+/m0/s1. The lowest BCUT2D eigenvalue weighted by molar-refractivity contribution is -0.145. The number of H-pyrrole nitrogens is 1. The Kier molecular flexibility index (Phi) is 4.15. The fourth-order valence-electron chi connectivity index (χ4n) is 3.40.